The number of fused-ring (bicyclic) bond motifs is 1. The molecule has 0 unspecified atom stereocenters. The summed E-state index contributed by atoms with van der Waals surface area (Å²) in [4.78, 5) is 17.6. The summed E-state index contributed by atoms with van der Waals surface area (Å²) in [6, 6.07) is 6.34. The first-order chi connectivity index (χ1) is 12.4. The molecule has 0 saturated carbocycles. The van der Waals surface area contributed by atoms with Crippen LogP contribution < -0.4 is 4.80 Å². The number of nitrogens with zero attached hydrogens (tertiary/aromatic N) is 4. The zero-order chi connectivity index (χ0) is 18.8. The second-order valence-corrected chi connectivity index (χ2v) is 7.28. The maximum Gasteiger partial charge on any atom is 0.297 e. The van der Waals surface area contributed by atoms with Crippen molar-refractivity contribution < 1.29 is 13.9 Å². The second-order valence-electron chi connectivity index (χ2n) is 6.27. The Kier molecular flexibility index (Phi) is 5.33. The third-order valence-electron chi connectivity index (χ3n) is 3.93. The lowest BCUT2D eigenvalue weighted by molar-refractivity contribution is 0.0985. The summed E-state index contributed by atoms with van der Waals surface area (Å²) in [5, 5.41) is 4.36. The summed E-state index contributed by atoms with van der Waals surface area (Å²) >= 11 is 1.28. The molecule has 1 aromatic carbocycles. The van der Waals surface area contributed by atoms with Gasteiger partial charge in [-0.1, -0.05) is 11.3 Å². The molecule has 0 aliphatic rings. The van der Waals surface area contributed by atoms with Gasteiger partial charge in [-0.15, -0.1) is 0 Å². The van der Waals surface area contributed by atoms with Crippen molar-refractivity contribution in [1.29, 1.82) is 0 Å². The molecule has 26 heavy (non-hydrogen) atoms. The molecule has 138 valence electrons. The minimum absolute atomic E-state index is 0.0509. The minimum Gasteiger partial charge on any atom is -0.383 e. The summed E-state index contributed by atoms with van der Waals surface area (Å²) in [6.45, 7) is 6.76. The third kappa shape index (κ3) is 3.61. The molecule has 0 atom stereocenters. The highest BCUT2D eigenvalue weighted by Gasteiger charge is 2.16. The number of ether oxygens (including phenoxy) is 1. The standard InChI is InChI=1S/C18H21FN4O2S/c1-11(2)23-15(9-12(3)21-23)17(24)20-18-22(7-8-25-4)14-6-5-13(19)10-16(14)26-18/h5-6,9-11H,7-8H2,1-4H3. The number of hydrogen-bond donors (Lipinski definition) is 0. The molecule has 6 nitrogen and oxygen atoms in total. The number of carbonyl (C=O) groups excluding carboxylic acids is 1. The Labute approximate surface area is 154 Å². The van der Waals surface area contributed by atoms with Crippen molar-refractivity contribution in [3.8, 4) is 0 Å². The summed E-state index contributed by atoms with van der Waals surface area (Å²) in [7, 11) is 1.61. The van der Waals surface area contributed by atoms with Gasteiger partial charge in [0.25, 0.3) is 5.91 Å². The Balaban J connectivity index is 2.12. The number of hydrogen-bond acceptors (Lipinski definition) is 4. The van der Waals surface area contributed by atoms with E-state index in [0.717, 1.165) is 15.9 Å². The molecular weight excluding hydrogens is 355 g/mol. The van der Waals surface area contributed by atoms with Crippen LogP contribution in [-0.2, 0) is 11.3 Å². The van der Waals surface area contributed by atoms with Crippen LogP contribution in [0.1, 0.15) is 36.1 Å². The number of rotatable bonds is 5. The Morgan fingerprint density at radius 3 is 2.85 bits per heavy atom. The van der Waals surface area contributed by atoms with E-state index in [0.29, 0.717) is 23.6 Å². The molecule has 8 heteroatoms. The largest absolute Gasteiger partial charge is 0.383 e. The van der Waals surface area contributed by atoms with Crippen LogP contribution in [0.5, 0.6) is 0 Å². The average Bonchev–Trinajstić information content (AvgIpc) is 3.13. The smallest absolute Gasteiger partial charge is 0.297 e. The van der Waals surface area contributed by atoms with E-state index in [4.69, 9.17) is 4.74 Å². The maximum atomic E-state index is 13.6. The number of thiazole rings is 1. The normalized spacial score (nSPS) is 12.5. The molecule has 0 aliphatic heterocycles. The van der Waals surface area contributed by atoms with E-state index in [9.17, 15) is 9.18 Å². The first-order valence-corrected chi connectivity index (χ1v) is 9.15. The van der Waals surface area contributed by atoms with E-state index < -0.39 is 0 Å². The third-order valence-corrected chi connectivity index (χ3v) is 4.97. The van der Waals surface area contributed by atoms with Crippen molar-refractivity contribution in [3.63, 3.8) is 0 Å². The van der Waals surface area contributed by atoms with E-state index >= 15 is 0 Å². The Morgan fingerprint density at radius 1 is 1.38 bits per heavy atom. The Hall–Kier alpha value is -2.32. The van der Waals surface area contributed by atoms with Crippen LogP contribution >= 0.6 is 11.3 Å². The SMILES string of the molecule is COCCn1c(=NC(=O)c2cc(C)nn2C(C)C)sc2cc(F)ccc21. The fourth-order valence-corrected chi connectivity index (χ4v) is 3.82. The van der Waals surface area contributed by atoms with Gasteiger partial charge >= 0.3 is 0 Å². The van der Waals surface area contributed by atoms with Crippen LogP contribution in [0, 0.1) is 12.7 Å². The first-order valence-electron chi connectivity index (χ1n) is 8.33. The number of aromatic nitrogens is 3. The number of halogens is 1. The van der Waals surface area contributed by atoms with Crippen LogP contribution in [0.25, 0.3) is 10.2 Å². The number of benzene rings is 1. The highest BCUT2D eigenvalue weighted by Crippen LogP contribution is 2.19. The number of methoxy groups -OCH3 is 1. The van der Waals surface area contributed by atoms with E-state index in [-0.39, 0.29) is 17.8 Å². The van der Waals surface area contributed by atoms with Gasteiger partial charge in [-0.05, 0) is 45.0 Å². The molecule has 2 heterocycles. The molecule has 3 aromatic rings. The van der Waals surface area contributed by atoms with Gasteiger partial charge in [0.05, 0.1) is 22.5 Å². The quantitative estimate of drug-likeness (QED) is 0.686. The zero-order valence-corrected chi connectivity index (χ0v) is 16.0. The summed E-state index contributed by atoms with van der Waals surface area (Å²) < 4.78 is 23.0. The Bertz CT molecular complexity index is 1020. The van der Waals surface area contributed by atoms with Crippen LogP contribution in [-0.4, -0.2) is 34.0 Å². The lowest BCUT2D eigenvalue weighted by Gasteiger charge is -2.08. The number of carbonyl (C=O) groups is 1. The molecule has 1 amide bonds. The fourth-order valence-electron chi connectivity index (χ4n) is 2.75. The van der Waals surface area contributed by atoms with Crippen LogP contribution in [0.4, 0.5) is 4.39 Å². The highest BCUT2D eigenvalue weighted by atomic mass is 32.1. The fraction of sp³-hybridized carbons (Fsp3) is 0.389. The highest BCUT2D eigenvalue weighted by molar-refractivity contribution is 7.16. The molecule has 0 fully saturated rings. The lowest BCUT2D eigenvalue weighted by atomic mass is 10.3. The van der Waals surface area contributed by atoms with Gasteiger partial charge in [0.1, 0.15) is 11.5 Å². The van der Waals surface area contributed by atoms with Crippen molar-refractivity contribution in [2.75, 3.05) is 13.7 Å². The molecule has 0 bridgehead atoms. The molecule has 3 rings (SSSR count). The van der Waals surface area contributed by atoms with E-state index in [1.807, 2.05) is 25.3 Å². The van der Waals surface area contributed by atoms with Crippen LogP contribution in [0.2, 0.25) is 0 Å². The molecule has 2 aromatic heterocycles. The van der Waals surface area contributed by atoms with E-state index in [1.54, 1.807) is 23.9 Å². The summed E-state index contributed by atoms with van der Waals surface area (Å²) in [5.41, 5.74) is 2.04. The number of aryl methyl sites for hydroxylation is 1. The molecule has 0 aliphatic carbocycles. The van der Waals surface area contributed by atoms with Crippen LogP contribution in [0.3, 0.4) is 0 Å². The molecule has 0 N–H and O–H groups in total. The summed E-state index contributed by atoms with van der Waals surface area (Å²) in [5.74, 6) is -0.679. The second kappa shape index (κ2) is 7.51. The van der Waals surface area contributed by atoms with Gasteiger partial charge in [0.2, 0.25) is 0 Å². The van der Waals surface area contributed by atoms with Gasteiger partial charge in [0, 0.05) is 19.7 Å². The lowest BCUT2D eigenvalue weighted by Crippen LogP contribution is -2.20. The molecule has 0 radical (unpaired) electrons. The maximum absolute atomic E-state index is 13.6. The average molecular weight is 376 g/mol. The van der Waals surface area contributed by atoms with Gasteiger partial charge in [-0.3, -0.25) is 9.48 Å². The topological polar surface area (TPSA) is 61.4 Å². The molecule has 0 spiro atoms. The van der Waals surface area contributed by atoms with Gasteiger partial charge in [-0.25, -0.2) is 4.39 Å². The van der Waals surface area contributed by atoms with Gasteiger partial charge in [-0.2, -0.15) is 10.1 Å². The van der Waals surface area contributed by atoms with E-state index in [2.05, 4.69) is 10.1 Å². The van der Waals surface area contributed by atoms with Crippen molar-refractivity contribution >= 4 is 27.5 Å². The predicted octanol–water partition coefficient (Wildman–Crippen LogP) is 3.32. The number of amides is 1. The zero-order valence-electron chi connectivity index (χ0n) is 15.2. The summed E-state index contributed by atoms with van der Waals surface area (Å²) in [6.07, 6.45) is 0. The van der Waals surface area contributed by atoms with Gasteiger partial charge < -0.3 is 9.30 Å². The van der Waals surface area contributed by atoms with Crippen molar-refractivity contribution in [1.82, 2.24) is 14.3 Å². The van der Waals surface area contributed by atoms with Gasteiger partial charge in [0.15, 0.2) is 4.80 Å². The van der Waals surface area contributed by atoms with E-state index in [1.165, 1.54) is 23.5 Å². The Morgan fingerprint density at radius 2 is 2.15 bits per heavy atom. The predicted molar refractivity (Wildman–Crippen MR) is 98.9 cm³/mol. The first kappa shape index (κ1) is 18.5. The van der Waals surface area contributed by atoms with Crippen molar-refractivity contribution in [3.05, 3.63) is 46.3 Å². The van der Waals surface area contributed by atoms with Crippen molar-refractivity contribution in [2.24, 2.45) is 4.99 Å². The van der Waals surface area contributed by atoms with Crippen LogP contribution in [0.15, 0.2) is 29.3 Å². The molecule has 0 saturated heterocycles. The minimum atomic E-state index is -0.363. The van der Waals surface area contributed by atoms with Crippen molar-refractivity contribution in [2.45, 2.75) is 33.4 Å². The molecular formula is C18H21FN4O2S. The monoisotopic (exact) mass is 376 g/mol.